The van der Waals surface area contributed by atoms with Crippen molar-refractivity contribution in [3.05, 3.63) is 63.2 Å². The smallest absolute Gasteiger partial charge is 0.305 e. The summed E-state index contributed by atoms with van der Waals surface area (Å²) in [6.07, 6.45) is 0. The lowest BCUT2D eigenvalue weighted by atomic mass is 10.0. The minimum atomic E-state index is -0.986. The van der Waals surface area contributed by atoms with Gasteiger partial charge in [-0.25, -0.2) is 4.39 Å². The van der Waals surface area contributed by atoms with Gasteiger partial charge >= 0.3 is 5.69 Å². The number of anilines is 2. The van der Waals surface area contributed by atoms with Crippen LogP contribution in [0.25, 0.3) is 0 Å². The maximum absolute atomic E-state index is 13.7. The van der Waals surface area contributed by atoms with Gasteiger partial charge in [0.15, 0.2) is 0 Å². The SMILES string of the molecule is Cc1cc(F)c([N+](=O)[O-])cc1C(=O)N1CCN(C)c2cc(F)ccc21. The molecule has 1 aliphatic heterocycles. The fourth-order valence-electron chi connectivity index (χ4n) is 2.91. The quantitative estimate of drug-likeness (QED) is 0.618. The van der Waals surface area contributed by atoms with Crippen LogP contribution < -0.4 is 9.80 Å². The van der Waals surface area contributed by atoms with Crippen molar-refractivity contribution in [2.45, 2.75) is 6.92 Å². The molecule has 6 nitrogen and oxygen atoms in total. The lowest BCUT2D eigenvalue weighted by Crippen LogP contribution is -2.43. The highest BCUT2D eigenvalue weighted by Crippen LogP contribution is 2.34. The highest BCUT2D eigenvalue weighted by molar-refractivity contribution is 6.09. The molecule has 0 unspecified atom stereocenters. The Kier molecular flexibility index (Phi) is 4.12. The molecule has 0 fully saturated rings. The Hall–Kier alpha value is -3.03. The highest BCUT2D eigenvalue weighted by Gasteiger charge is 2.29. The van der Waals surface area contributed by atoms with Crippen molar-refractivity contribution in [2.24, 2.45) is 0 Å². The number of nitrogens with zero attached hydrogens (tertiary/aromatic N) is 3. The van der Waals surface area contributed by atoms with Gasteiger partial charge in [-0.15, -0.1) is 0 Å². The second-order valence-corrected chi connectivity index (χ2v) is 5.89. The van der Waals surface area contributed by atoms with Crippen molar-refractivity contribution in [1.29, 1.82) is 0 Å². The van der Waals surface area contributed by atoms with E-state index in [2.05, 4.69) is 0 Å². The number of fused-ring (bicyclic) bond motifs is 1. The molecule has 0 spiro atoms. The van der Waals surface area contributed by atoms with Crippen molar-refractivity contribution in [2.75, 3.05) is 29.9 Å². The van der Waals surface area contributed by atoms with Gasteiger partial charge in [0, 0.05) is 31.8 Å². The van der Waals surface area contributed by atoms with E-state index in [0.717, 1.165) is 12.1 Å². The van der Waals surface area contributed by atoms with Crippen LogP contribution in [0.1, 0.15) is 15.9 Å². The van der Waals surface area contributed by atoms with Gasteiger partial charge in [-0.1, -0.05) is 0 Å². The van der Waals surface area contributed by atoms with Crippen molar-refractivity contribution < 1.29 is 18.5 Å². The van der Waals surface area contributed by atoms with E-state index in [9.17, 15) is 23.7 Å². The maximum Gasteiger partial charge on any atom is 0.305 e. The lowest BCUT2D eigenvalue weighted by Gasteiger charge is -2.35. The Morgan fingerprint density at radius 3 is 2.56 bits per heavy atom. The third-order valence-electron chi connectivity index (χ3n) is 4.26. The third-order valence-corrected chi connectivity index (χ3v) is 4.26. The Morgan fingerprint density at radius 1 is 1.16 bits per heavy atom. The lowest BCUT2D eigenvalue weighted by molar-refractivity contribution is -0.387. The van der Waals surface area contributed by atoms with E-state index >= 15 is 0 Å². The summed E-state index contributed by atoms with van der Waals surface area (Å²) < 4.78 is 27.2. The summed E-state index contributed by atoms with van der Waals surface area (Å²) in [5, 5.41) is 11.0. The minimum absolute atomic E-state index is 0.0490. The summed E-state index contributed by atoms with van der Waals surface area (Å²) in [5.41, 5.74) is 0.659. The monoisotopic (exact) mass is 347 g/mol. The fraction of sp³-hybridized carbons (Fsp3) is 0.235. The number of amides is 1. The van der Waals surface area contributed by atoms with Gasteiger partial charge in [-0.2, -0.15) is 4.39 Å². The Balaban J connectivity index is 2.07. The number of nitro benzene ring substituents is 1. The summed E-state index contributed by atoms with van der Waals surface area (Å²) in [4.78, 5) is 26.3. The van der Waals surface area contributed by atoms with Crippen molar-refractivity contribution in [3.8, 4) is 0 Å². The first-order valence-electron chi connectivity index (χ1n) is 7.56. The zero-order valence-electron chi connectivity index (χ0n) is 13.6. The zero-order valence-corrected chi connectivity index (χ0v) is 13.6. The van der Waals surface area contributed by atoms with Crippen molar-refractivity contribution >= 4 is 23.0 Å². The van der Waals surface area contributed by atoms with E-state index in [-0.39, 0.29) is 5.56 Å². The Labute approximate surface area is 142 Å². The molecule has 0 aliphatic carbocycles. The number of halogens is 2. The predicted molar refractivity (Wildman–Crippen MR) is 89.1 cm³/mol. The highest BCUT2D eigenvalue weighted by atomic mass is 19.1. The van der Waals surface area contributed by atoms with Crippen LogP contribution in [0.2, 0.25) is 0 Å². The molecule has 0 aromatic heterocycles. The van der Waals surface area contributed by atoms with Crippen LogP contribution in [-0.4, -0.2) is 31.0 Å². The molecule has 0 atom stereocenters. The van der Waals surface area contributed by atoms with Crippen LogP contribution in [0.4, 0.5) is 25.8 Å². The number of likely N-dealkylation sites (N-methyl/N-ethyl adjacent to an activating group) is 1. The number of benzene rings is 2. The summed E-state index contributed by atoms with van der Waals surface area (Å²) in [7, 11) is 1.79. The number of rotatable bonds is 2. The molecule has 25 heavy (non-hydrogen) atoms. The average molecular weight is 347 g/mol. The van der Waals surface area contributed by atoms with Gasteiger partial charge < -0.3 is 9.80 Å². The molecule has 2 aromatic rings. The molecule has 130 valence electrons. The molecule has 0 N–H and O–H groups in total. The second kappa shape index (κ2) is 6.12. The zero-order chi connectivity index (χ0) is 18.3. The fourth-order valence-corrected chi connectivity index (χ4v) is 2.91. The predicted octanol–water partition coefficient (Wildman–Crippen LogP) is 3.28. The number of aryl methyl sites for hydroxylation is 1. The molecule has 0 saturated carbocycles. The molecule has 1 heterocycles. The van der Waals surface area contributed by atoms with E-state index in [0.29, 0.717) is 30.0 Å². The van der Waals surface area contributed by atoms with Crippen LogP contribution in [-0.2, 0) is 0 Å². The van der Waals surface area contributed by atoms with Crippen LogP contribution in [0.15, 0.2) is 30.3 Å². The second-order valence-electron chi connectivity index (χ2n) is 5.89. The molecule has 0 bridgehead atoms. The summed E-state index contributed by atoms with van der Waals surface area (Å²) in [6, 6.07) is 6.00. The molecule has 1 amide bonds. The first kappa shape index (κ1) is 16.8. The number of hydrogen-bond donors (Lipinski definition) is 0. The molecule has 0 saturated heterocycles. The minimum Gasteiger partial charge on any atom is -0.371 e. The number of carbonyl (C=O) groups is 1. The third kappa shape index (κ3) is 2.90. The van der Waals surface area contributed by atoms with Crippen LogP contribution in [0.5, 0.6) is 0 Å². The first-order valence-corrected chi connectivity index (χ1v) is 7.56. The van der Waals surface area contributed by atoms with Gasteiger partial charge in [-0.3, -0.25) is 14.9 Å². The normalized spacial score (nSPS) is 13.6. The summed E-state index contributed by atoms with van der Waals surface area (Å²) in [6.45, 7) is 2.32. The molecular weight excluding hydrogens is 332 g/mol. The van der Waals surface area contributed by atoms with E-state index < -0.39 is 28.2 Å². The number of nitro groups is 1. The number of carbonyl (C=O) groups excluding carboxylic acids is 1. The van der Waals surface area contributed by atoms with Gasteiger partial charge in [0.2, 0.25) is 5.82 Å². The summed E-state index contributed by atoms with van der Waals surface area (Å²) in [5.74, 6) is -1.89. The molecule has 8 heteroatoms. The van der Waals surface area contributed by atoms with Gasteiger partial charge in [0.25, 0.3) is 5.91 Å². The van der Waals surface area contributed by atoms with E-state index in [1.54, 1.807) is 7.05 Å². The van der Waals surface area contributed by atoms with Crippen molar-refractivity contribution in [3.63, 3.8) is 0 Å². The van der Waals surface area contributed by atoms with Crippen LogP contribution in [0, 0.1) is 28.7 Å². The van der Waals surface area contributed by atoms with Gasteiger partial charge in [0.05, 0.1) is 16.3 Å². The Morgan fingerprint density at radius 2 is 1.88 bits per heavy atom. The maximum atomic E-state index is 13.7. The molecule has 1 aliphatic rings. The Bertz CT molecular complexity index is 886. The van der Waals surface area contributed by atoms with E-state index in [1.165, 1.54) is 30.0 Å². The number of hydrogen-bond acceptors (Lipinski definition) is 4. The molecule has 0 radical (unpaired) electrons. The first-order chi connectivity index (χ1) is 11.8. The van der Waals surface area contributed by atoms with E-state index in [4.69, 9.17) is 0 Å². The molecule has 2 aromatic carbocycles. The van der Waals surface area contributed by atoms with Crippen molar-refractivity contribution in [1.82, 2.24) is 0 Å². The van der Waals surface area contributed by atoms with Gasteiger partial charge in [0.1, 0.15) is 5.82 Å². The van der Waals surface area contributed by atoms with Crippen LogP contribution >= 0.6 is 0 Å². The van der Waals surface area contributed by atoms with Crippen LogP contribution in [0.3, 0.4) is 0 Å². The standard InChI is InChI=1S/C17H15F2N3O3/c1-10-7-13(19)15(22(24)25)9-12(10)17(23)21-6-5-20(2)16-8-11(18)3-4-14(16)21/h3-4,7-9H,5-6H2,1-2H3. The average Bonchev–Trinajstić information content (AvgIpc) is 2.55. The van der Waals surface area contributed by atoms with E-state index in [1.807, 2.05) is 4.90 Å². The molecular formula is C17H15F2N3O3. The van der Waals surface area contributed by atoms with Gasteiger partial charge in [-0.05, 0) is 36.8 Å². The summed E-state index contributed by atoms with van der Waals surface area (Å²) >= 11 is 0. The molecule has 3 rings (SSSR count). The topological polar surface area (TPSA) is 66.7 Å². The largest absolute Gasteiger partial charge is 0.371 e.